The van der Waals surface area contributed by atoms with Gasteiger partial charge in [0.1, 0.15) is 38.6 Å². The van der Waals surface area contributed by atoms with Crippen molar-refractivity contribution in [1.29, 1.82) is 0 Å². The Morgan fingerprint density at radius 2 is 2.06 bits per heavy atom. The first-order valence-corrected chi connectivity index (χ1v) is 12.1. The van der Waals surface area contributed by atoms with Gasteiger partial charge in [0, 0.05) is 11.3 Å². The summed E-state index contributed by atoms with van der Waals surface area (Å²) < 4.78 is 70.7. The van der Waals surface area contributed by atoms with Crippen molar-refractivity contribution in [3.05, 3.63) is 53.1 Å². The van der Waals surface area contributed by atoms with Gasteiger partial charge in [0.25, 0.3) is 5.91 Å². The highest BCUT2D eigenvalue weighted by Gasteiger charge is 2.61. The van der Waals surface area contributed by atoms with Crippen LogP contribution in [0.1, 0.15) is 35.5 Å². The molecule has 1 saturated heterocycles. The quantitative estimate of drug-likeness (QED) is 0.475. The molecule has 5 N–H and O–H groups in total. The number of amides is 1. The normalized spacial score (nSPS) is 25.5. The van der Waals surface area contributed by atoms with Crippen molar-refractivity contribution >= 4 is 28.0 Å². The Morgan fingerprint density at radius 1 is 1.34 bits per heavy atom. The van der Waals surface area contributed by atoms with Crippen LogP contribution in [0.25, 0.3) is 0 Å². The number of pyridine rings is 1. The summed E-state index contributed by atoms with van der Waals surface area (Å²) in [5, 5.41) is 1.64. The van der Waals surface area contributed by atoms with Gasteiger partial charge in [-0.3, -0.25) is 18.9 Å². The highest BCUT2D eigenvalue weighted by atomic mass is 32.3. The van der Waals surface area contributed by atoms with Crippen molar-refractivity contribution in [2.45, 2.75) is 42.9 Å². The average Bonchev–Trinajstić information content (AvgIpc) is 3.19. The summed E-state index contributed by atoms with van der Waals surface area (Å²) in [4.78, 5) is 21.2. The Balaban J connectivity index is 1.69. The first-order chi connectivity index (χ1) is 16.3. The third-order valence-electron chi connectivity index (χ3n) is 6.39. The number of aryl methyl sites for hydroxylation is 1. The monoisotopic (exact) mass is 514 g/mol. The van der Waals surface area contributed by atoms with Gasteiger partial charge in [0.05, 0.1) is 19.4 Å². The lowest BCUT2D eigenvalue weighted by Crippen LogP contribution is -2.57. The van der Waals surface area contributed by atoms with Crippen molar-refractivity contribution < 1.29 is 36.5 Å². The Kier molecular flexibility index (Phi) is 6.24. The molecule has 1 amide bonds. The second kappa shape index (κ2) is 8.66. The number of fused-ring (bicyclic) bond motifs is 1. The number of rotatable bonds is 5. The second-order valence-corrected chi connectivity index (χ2v) is 11.7. The van der Waals surface area contributed by atoms with Crippen LogP contribution in [-0.2, 0) is 10.3 Å². The lowest BCUT2D eigenvalue weighted by Gasteiger charge is -2.56. The highest BCUT2D eigenvalue weighted by Crippen LogP contribution is 2.66. The maximum Gasteiger partial charge on any atom is 0.387 e. The van der Waals surface area contributed by atoms with E-state index >= 15 is 4.39 Å². The largest absolute Gasteiger partial charge is 0.433 e. The van der Waals surface area contributed by atoms with Crippen molar-refractivity contribution in [2.24, 2.45) is 10.7 Å². The summed E-state index contributed by atoms with van der Waals surface area (Å²) in [6, 6.07) is 5.02. The predicted molar refractivity (Wildman–Crippen MR) is 125 cm³/mol. The van der Waals surface area contributed by atoms with E-state index in [1.807, 2.05) is 0 Å². The molecular formula is C22H25F3N4O5S. The van der Waals surface area contributed by atoms with Gasteiger partial charge in [0.15, 0.2) is 0 Å². The predicted octanol–water partition coefficient (Wildman–Crippen LogP) is 3.88. The summed E-state index contributed by atoms with van der Waals surface area (Å²) in [5.74, 6) is -1.59. The van der Waals surface area contributed by atoms with Crippen molar-refractivity contribution in [2.75, 3.05) is 18.5 Å². The molecule has 2 aromatic rings. The first-order valence-electron chi connectivity index (χ1n) is 10.5. The second-order valence-electron chi connectivity index (χ2n) is 8.89. The Labute approximate surface area is 200 Å². The number of aliphatic imine (C=N–C) groups is 1. The zero-order valence-corrected chi connectivity index (χ0v) is 19.9. The van der Waals surface area contributed by atoms with Crippen molar-refractivity contribution in [1.82, 2.24) is 4.98 Å². The summed E-state index contributed by atoms with van der Waals surface area (Å²) in [6.07, 6.45) is 0.996. The van der Waals surface area contributed by atoms with Crippen LogP contribution < -0.4 is 15.8 Å². The molecule has 2 atom stereocenters. The number of halogens is 3. The van der Waals surface area contributed by atoms with Crippen LogP contribution in [0.15, 0.2) is 35.5 Å². The van der Waals surface area contributed by atoms with Gasteiger partial charge < -0.3 is 20.5 Å². The molecule has 2 aliphatic rings. The fourth-order valence-corrected chi connectivity index (χ4v) is 6.42. The number of nitrogens with zero attached hydrogens (tertiary/aromatic N) is 2. The number of amidine groups is 1. The molecule has 2 aliphatic heterocycles. The Bertz CT molecular complexity index is 1210. The van der Waals surface area contributed by atoms with E-state index in [1.54, 1.807) is 13.8 Å². The SMILES string of the molecule is Cc1cc(OC(F)F)cnc1C(=O)Nc1ccc(F)c(C23COC[C@@H]2S(O)(O)C(C)(C)C(N)=N3)c1. The number of alkyl halides is 2. The average molecular weight is 515 g/mol. The standard InChI is InChI=1S/C22H25F3N4O5S/c1-11-6-13(34-20(24)25)8-27-17(11)18(30)28-12-4-5-15(23)14(7-12)22-10-33-9-16(22)35(31,32)21(2,3)19(26)29-22/h4-8,16,20,31-32H,9-10H2,1-3H3,(H2,26,29)(H,28,30)/t16-,22?/m0/s1. The third-order valence-corrected chi connectivity index (χ3v) is 9.42. The van der Waals surface area contributed by atoms with E-state index < -0.39 is 44.5 Å². The number of anilines is 1. The zero-order valence-electron chi connectivity index (χ0n) is 19.1. The van der Waals surface area contributed by atoms with E-state index in [0.29, 0.717) is 0 Å². The molecule has 1 aromatic carbocycles. The van der Waals surface area contributed by atoms with E-state index in [-0.39, 0.29) is 47.3 Å². The number of carbonyl (C=O) groups is 1. The fraction of sp³-hybridized carbons (Fsp3) is 0.409. The number of benzene rings is 1. The van der Waals surface area contributed by atoms with Gasteiger partial charge in [-0.05, 0) is 50.6 Å². The van der Waals surface area contributed by atoms with Crippen LogP contribution in [0.5, 0.6) is 5.75 Å². The Hall–Kier alpha value is -2.87. The lowest BCUT2D eigenvalue weighted by atomic mass is 9.87. The molecule has 0 radical (unpaired) electrons. The molecular weight excluding hydrogens is 489 g/mol. The number of nitrogens with two attached hydrogens (primary N) is 1. The first kappa shape index (κ1) is 25.2. The van der Waals surface area contributed by atoms with Crippen molar-refractivity contribution in [3.63, 3.8) is 0 Å². The number of hydrogen-bond donors (Lipinski definition) is 4. The van der Waals surface area contributed by atoms with Gasteiger partial charge in [-0.15, -0.1) is 0 Å². The maximum absolute atomic E-state index is 15.1. The van der Waals surface area contributed by atoms with Gasteiger partial charge >= 0.3 is 6.61 Å². The van der Waals surface area contributed by atoms with E-state index in [0.717, 1.165) is 12.3 Å². The number of ether oxygens (including phenoxy) is 2. The van der Waals surface area contributed by atoms with Gasteiger partial charge in [-0.1, -0.05) is 0 Å². The molecule has 0 saturated carbocycles. The molecule has 0 bridgehead atoms. The molecule has 1 unspecified atom stereocenters. The van der Waals surface area contributed by atoms with Crippen LogP contribution in [0.3, 0.4) is 0 Å². The smallest absolute Gasteiger partial charge is 0.387 e. The molecule has 190 valence electrons. The van der Waals surface area contributed by atoms with Crippen LogP contribution >= 0.6 is 10.6 Å². The summed E-state index contributed by atoms with van der Waals surface area (Å²) in [7, 11) is -3.42. The van der Waals surface area contributed by atoms with Crippen LogP contribution in [0.2, 0.25) is 0 Å². The summed E-state index contributed by atoms with van der Waals surface area (Å²) in [6.45, 7) is 1.39. The molecule has 35 heavy (non-hydrogen) atoms. The maximum atomic E-state index is 15.1. The number of carbonyl (C=O) groups excluding carboxylic acids is 1. The molecule has 0 aliphatic carbocycles. The third kappa shape index (κ3) is 4.11. The van der Waals surface area contributed by atoms with Crippen LogP contribution in [0.4, 0.5) is 18.9 Å². The van der Waals surface area contributed by atoms with Gasteiger partial charge in [-0.25, -0.2) is 9.37 Å². The van der Waals surface area contributed by atoms with Crippen LogP contribution in [0, 0.1) is 12.7 Å². The minimum atomic E-state index is -3.42. The number of hydrogen-bond acceptors (Lipinski definition) is 8. The minimum absolute atomic E-state index is 0.0124. The van der Waals surface area contributed by atoms with E-state index in [2.05, 4.69) is 20.0 Å². The molecule has 1 aromatic heterocycles. The molecule has 4 rings (SSSR count). The number of nitrogens with one attached hydrogen (secondary N) is 1. The minimum Gasteiger partial charge on any atom is -0.433 e. The molecule has 3 heterocycles. The van der Waals surface area contributed by atoms with E-state index in [1.165, 1.54) is 25.1 Å². The van der Waals surface area contributed by atoms with Gasteiger partial charge in [-0.2, -0.15) is 19.4 Å². The molecule has 13 heteroatoms. The highest BCUT2D eigenvalue weighted by molar-refractivity contribution is 8.26. The lowest BCUT2D eigenvalue weighted by molar-refractivity contribution is -0.0501. The fourth-order valence-electron chi connectivity index (χ4n) is 4.27. The summed E-state index contributed by atoms with van der Waals surface area (Å²) in [5.41, 5.74) is 5.01. The van der Waals surface area contributed by atoms with Gasteiger partial charge in [0.2, 0.25) is 0 Å². The Morgan fingerprint density at radius 3 is 2.71 bits per heavy atom. The van der Waals surface area contributed by atoms with E-state index in [4.69, 9.17) is 10.5 Å². The molecule has 9 nitrogen and oxygen atoms in total. The molecule has 0 spiro atoms. The van der Waals surface area contributed by atoms with Crippen molar-refractivity contribution in [3.8, 4) is 5.75 Å². The zero-order chi connectivity index (χ0) is 25.8. The summed E-state index contributed by atoms with van der Waals surface area (Å²) >= 11 is 0. The topological polar surface area (TPSA) is 139 Å². The van der Waals surface area contributed by atoms with Crippen LogP contribution in [-0.4, -0.2) is 55.7 Å². The molecule has 1 fully saturated rings. The van der Waals surface area contributed by atoms with E-state index in [9.17, 15) is 22.7 Å². The number of aromatic nitrogens is 1.